The van der Waals surface area contributed by atoms with E-state index in [4.69, 9.17) is 11.6 Å². The minimum absolute atomic E-state index is 0.0138. The first-order chi connectivity index (χ1) is 16.4. The van der Waals surface area contributed by atoms with Gasteiger partial charge in [-0.3, -0.25) is 0 Å². The van der Waals surface area contributed by atoms with Crippen molar-refractivity contribution in [3.05, 3.63) is 63.0 Å². The molecule has 2 heterocycles. The molecule has 1 aliphatic carbocycles. The lowest BCUT2D eigenvalue weighted by atomic mass is 10.1. The fourth-order valence-corrected chi connectivity index (χ4v) is 6.50. The normalized spacial score (nSPS) is 15.4. The van der Waals surface area contributed by atoms with E-state index in [0.717, 1.165) is 10.7 Å². The molecule has 2 aromatic carbocycles. The number of sulfone groups is 1. The lowest BCUT2D eigenvalue weighted by Crippen LogP contribution is -2.28. The Morgan fingerprint density at radius 1 is 1.09 bits per heavy atom. The number of nitrogens with zero attached hydrogens (tertiary/aromatic N) is 4. The third-order valence-electron chi connectivity index (χ3n) is 5.74. The molecular formula is C22H15BrClF3N4O2S2. The van der Waals surface area contributed by atoms with Crippen molar-refractivity contribution in [3.8, 4) is 27.6 Å². The van der Waals surface area contributed by atoms with Gasteiger partial charge >= 0.3 is 6.18 Å². The standard InChI is InChI=1S/C22H15BrClF3N4O2S2/c1-35(32,33)18-16(19-28-29-20(34-19)21(10-11-21)22(25,26)27)30-31(15-5-3-2-4-14(15)24)17(18)12-6-8-13(23)9-7-12/h2-9H,10-11H2,1H3. The monoisotopic (exact) mass is 602 g/mol. The van der Waals surface area contributed by atoms with Crippen LogP contribution in [-0.2, 0) is 15.3 Å². The molecule has 1 saturated carbocycles. The second-order valence-corrected chi connectivity index (χ2v) is 12.4. The SMILES string of the molecule is CS(=O)(=O)c1c(-c2nnc(C3(C(F)(F)F)CC3)s2)nn(-c2ccccc2Cl)c1-c1ccc(Br)cc1. The predicted octanol–water partition coefficient (Wildman–Crippen LogP) is 6.47. The van der Waals surface area contributed by atoms with Crippen LogP contribution in [0.1, 0.15) is 17.8 Å². The Morgan fingerprint density at radius 2 is 1.74 bits per heavy atom. The van der Waals surface area contributed by atoms with Crippen LogP contribution in [0.25, 0.3) is 27.6 Å². The van der Waals surface area contributed by atoms with Crippen LogP contribution < -0.4 is 0 Å². The number of hydrogen-bond acceptors (Lipinski definition) is 6. The van der Waals surface area contributed by atoms with Gasteiger partial charge in [0.1, 0.15) is 21.0 Å². The number of alkyl halides is 3. The smallest absolute Gasteiger partial charge is 0.229 e. The van der Waals surface area contributed by atoms with Crippen molar-refractivity contribution in [1.29, 1.82) is 0 Å². The number of hydrogen-bond donors (Lipinski definition) is 0. The molecule has 2 aromatic heterocycles. The average molecular weight is 604 g/mol. The zero-order chi connectivity index (χ0) is 25.2. The molecule has 0 N–H and O–H groups in total. The lowest BCUT2D eigenvalue weighted by Gasteiger charge is -2.15. The van der Waals surface area contributed by atoms with Crippen molar-refractivity contribution < 1.29 is 21.6 Å². The van der Waals surface area contributed by atoms with E-state index in [1.807, 2.05) is 0 Å². The molecule has 35 heavy (non-hydrogen) atoms. The summed E-state index contributed by atoms with van der Waals surface area (Å²) in [6, 6.07) is 13.6. The van der Waals surface area contributed by atoms with Crippen LogP contribution in [0.3, 0.4) is 0 Å². The highest BCUT2D eigenvalue weighted by molar-refractivity contribution is 9.10. The fourth-order valence-electron chi connectivity index (χ4n) is 3.81. The van der Waals surface area contributed by atoms with E-state index in [1.165, 1.54) is 4.68 Å². The van der Waals surface area contributed by atoms with Crippen molar-refractivity contribution in [2.75, 3.05) is 6.26 Å². The van der Waals surface area contributed by atoms with Crippen molar-refractivity contribution in [3.63, 3.8) is 0 Å². The summed E-state index contributed by atoms with van der Waals surface area (Å²) in [6.07, 6.45) is -3.61. The maximum atomic E-state index is 13.7. The summed E-state index contributed by atoms with van der Waals surface area (Å²) in [5, 5.41) is 12.4. The van der Waals surface area contributed by atoms with Gasteiger partial charge in [-0.05, 0) is 37.1 Å². The van der Waals surface area contributed by atoms with E-state index < -0.39 is 21.4 Å². The van der Waals surface area contributed by atoms with E-state index in [-0.39, 0.29) is 39.1 Å². The molecular weight excluding hydrogens is 589 g/mol. The third-order valence-corrected chi connectivity index (χ3v) is 8.85. The highest BCUT2D eigenvalue weighted by Gasteiger charge is 2.66. The zero-order valence-electron chi connectivity index (χ0n) is 17.8. The van der Waals surface area contributed by atoms with E-state index in [0.29, 0.717) is 27.6 Å². The van der Waals surface area contributed by atoms with Gasteiger partial charge in [0.2, 0.25) is 0 Å². The van der Waals surface area contributed by atoms with Crippen LogP contribution in [0.5, 0.6) is 0 Å². The zero-order valence-corrected chi connectivity index (χ0v) is 21.8. The van der Waals surface area contributed by atoms with Gasteiger partial charge in [-0.2, -0.15) is 18.3 Å². The summed E-state index contributed by atoms with van der Waals surface area (Å²) >= 11 is 10.5. The predicted molar refractivity (Wildman–Crippen MR) is 131 cm³/mol. The summed E-state index contributed by atoms with van der Waals surface area (Å²) in [5.41, 5.74) is -0.967. The van der Waals surface area contributed by atoms with Gasteiger partial charge in [0.15, 0.2) is 14.8 Å². The third kappa shape index (κ3) is 4.20. The molecule has 0 bridgehead atoms. The molecule has 1 fully saturated rings. The minimum atomic E-state index is -4.47. The number of aromatic nitrogens is 4. The molecule has 0 unspecified atom stereocenters. The topological polar surface area (TPSA) is 77.7 Å². The van der Waals surface area contributed by atoms with Crippen LogP contribution in [0.2, 0.25) is 5.02 Å². The second-order valence-electron chi connectivity index (χ2n) is 8.16. The Bertz CT molecular complexity index is 1550. The van der Waals surface area contributed by atoms with E-state index in [1.54, 1.807) is 48.5 Å². The van der Waals surface area contributed by atoms with Gasteiger partial charge in [-0.25, -0.2) is 13.1 Å². The van der Waals surface area contributed by atoms with E-state index >= 15 is 0 Å². The summed E-state index contributed by atoms with van der Waals surface area (Å²) in [6.45, 7) is 0. The van der Waals surface area contributed by atoms with Crippen LogP contribution in [-0.4, -0.2) is 40.8 Å². The van der Waals surface area contributed by atoms with E-state index in [9.17, 15) is 21.6 Å². The molecule has 0 spiro atoms. The van der Waals surface area contributed by atoms with Gasteiger partial charge in [-0.15, -0.1) is 10.2 Å². The Hall–Kier alpha value is -2.28. The number of halogens is 5. The van der Waals surface area contributed by atoms with Gasteiger partial charge in [0.05, 0.1) is 16.4 Å². The molecule has 0 saturated heterocycles. The first-order valence-electron chi connectivity index (χ1n) is 10.2. The summed E-state index contributed by atoms with van der Waals surface area (Å²) < 4.78 is 69.3. The summed E-state index contributed by atoms with van der Waals surface area (Å²) in [4.78, 5) is -0.167. The van der Waals surface area contributed by atoms with Crippen molar-refractivity contribution in [2.45, 2.75) is 29.3 Å². The van der Waals surface area contributed by atoms with Gasteiger partial charge in [0.25, 0.3) is 0 Å². The minimum Gasteiger partial charge on any atom is -0.229 e. The molecule has 5 rings (SSSR count). The highest BCUT2D eigenvalue weighted by atomic mass is 79.9. The first-order valence-corrected chi connectivity index (χ1v) is 14.1. The maximum Gasteiger partial charge on any atom is 0.400 e. The molecule has 182 valence electrons. The van der Waals surface area contributed by atoms with Crippen LogP contribution in [0.4, 0.5) is 13.2 Å². The molecule has 0 atom stereocenters. The number of benzene rings is 2. The summed E-state index contributed by atoms with van der Waals surface area (Å²) in [5.74, 6) is 0. The molecule has 0 amide bonds. The Labute approximate surface area is 215 Å². The first kappa shape index (κ1) is 24.4. The molecule has 4 aromatic rings. The second kappa shape index (κ2) is 8.39. The van der Waals surface area contributed by atoms with E-state index in [2.05, 4.69) is 31.2 Å². The lowest BCUT2D eigenvalue weighted by molar-refractivity contribution is -0.160. The Balaban J connectivity index is 1.80. The van der Waals surface area contributed by atoms with Crippen molar-refractivity contribution in [2.24, 2.45) is 0 Å². The van der Waals surface area contributed by atoms with Crippen LogP contribution in [0.15, 0.2) is 57.9 Å². The van der Waals surface area contributed by atoms with Crippen LogP contribution >= 0.6 is 38.9 Å². The molecule has 13 heteroatoms. The molecule has 6 nitrogen and oxygen atoms in total. The number of rotatable bonds is 5. The molecule has 0 radical (unpaired) electrons. The largest absolute Gasteiger partial charge is 0.400 e. The van der Waals surface area contributed by atoms with Gasteiger partial charge < -0.3 is 0 Å². The van der Waals surface area contributed by atoms with Crippen molar-refractivity contribution >= 4 is 48.7 Å². The van der Waals surface area contributed by atoms with Gasteiger partial charge in [-0.1, -0.05) is 63.1 Å². The van der Waals surface area contributed by atoms with Gasteiger partial charge in [0, 0.05) is 16.3 Å². The molecule has 0 aliphatic heterocycles. The molecule has 1 aliphatic rings. The van der Waals surface area contributed by atoms with Crippen LogP contribution in [0, 0.1) is 0 Å². The average Bonchev–Trinajstić information content (AvgIpc) is 3.29. The fraction of sp³-hybridized carbons (Fsp3) is 0.227. The Morgan fingerprint density at radius 3 is 2.31 bits per heavy atom. The summed E-state index contributed by atoms with van der Waals surface area (Å²) in [7, 11) is -3.93. The highest BCUT2D eigenvalue weighted by Crippen LogP contribution is 2.60. The quantitative estimate of drug-likeness (QED) is 0.261. The van der Waals surface area contributed by atoms with Crippen molar-refractivity contribution in [1.82, 2.24) is 20.0 Å². The number of para-hydroxylation sites is 1. The Kier molecular flexibility index (Phi) is 5.86. The maximum absolute atomic E-state index is 13.7.